The third-order valence-corrected chi connectivity index (χ3v) is 12.7. The zero-order valence-corrected chi connectivity index (χ0v) is 35.0. The molecule has 0 unspecified atom stereocenters. The molecule has 2 nitrogen and oxygen atoms in total. The molecule has 0 atom stereocenters. The maximum absolute atomic E-state index is 6.52. The van der Waals surface area contributed by atoms with Gasteiger partial charge in [-0.15, -0.1) is 0 Å². The van der Waals surface area contributed by atoms with Crippen LogP contribution in [0, 0.1) is 0 Å². The van der Waals surface area contributed by atoms with Crippen molar-refractivity contribution in [2.45, 2.75) is 0 Å². The molecule has 0 fully saturated rings. The highest BCUT2D eigenvalue weighted by atomic mass is 16.3. The minimum absolute atomic E-state index is 0.898. The van der Waals surface area contributed by atoms with Crippen LogP contribution >= 0.6 is 0 Å². The summed E-state index contributed by atoms with van der Waals surface area (Å²) >= 11 is 0. The SMILES string of the molecule is c1ccc(-c2ccc(-c3c(N(c4ccc(-c5ccccc5-c5ccccc5)cc4)c4ccc(-c5cccc6c5oc5ccccc56)cc4)c4ccccc4c4ccccc34)cc2)cc1. The summed E-state index contributed by atoms with van der Waals surface area (Å²) in [5, 5.41) is 7.08. The Morgan fingerprint density at radius 3 is 1.30 bits per heavy atom. The first-order valence-corrected chi connectivity index (χ1v) is 21.9. The highest BCUT2D eigenvalue weighted by Gasteiger charge is 2.24. The predicted octanol–water partition coefficient (Wildman–Crippen LogP) is 17.7. The fraction of sp³-hybridized carbons (Fsp3) is 0. The van der Waals surface area contributed by atoms with Crippen LogP contribution in [-0.2, 0) is 0 Å². The molecule has 0 aliphatic carbocycles. The third-order valence-electron chi connectivity index (χ3n) is 12.7. The minimum atomic E-state index is 0.898. The normalized spacial score (nSPS) is 11.4. The van der Waals surface area contributed by atoms with Crippen LogP contribution in [-0.4, -0.2) is 0 Å². The molecular weight excluding hydrogens is 775 g/mol. The van der Waals surface area contributed by atoms with Crippen molar-refractivity contribution in [3.05, 3.63) is 249 Å². The zero-order chi connectivity index (χ0) is 42.4. The second-order valence-electron chi connectivity index (χ2n) is 16.4. The van der Waals surface area contributed by atoms with E-state index in [2.05, 4.69) is 241 Å². The fourth-order valence-electron chi connectivity index (χ4n) is 9.67. The molecule has 0 aliphatic rings. The standard InChI is InChI=1S/C62H41NO/c1-3-16-42(17-4-1)43-30-32-47(33-31-43)60-56-25-11-9-22-53(56)54-23-10-12-26-57(54)61(60)63(48-38-34-45(35-39-48)51-21-8-7-20-50(51)44-18-5-2-6-19-44)49-40-36-46(37-41-49)52-27-15-28-58-55-24-13-14-29-59(55)64-62(52)58/h1-41H. The first kappa shape index (κ1) is 37.3. The number of nitrogens with zero attached hydrogens (tertiary/aromatic N) is 1. The van der Waals surface area contributed by atoms with E-state index in [0.717, 1.165) is 61.3 Å². The van der Waals surface area contributed by atoms with E-state index in [1.165, 1.54) is 54.9 Å². The van der Waals surface area contributed by atoms with E-state index in [9.17, 15) is 0 Å². The number of benzene rings is 11. The van der Waals surface area contributed by atoms with Crippen molar-refractivity contribution in [3.8, 4) is 55.6 Å². The van der Waals surface area contributed by atoms with Gasteiger partial charge >= 0.3 is 0 Å². The van der Waals surface area contributed by atoms with E-state index < -0.39 is 0 Å². The maximum atomic E-state index is 6.52. The number of fused-ring (bicyclic) bond motifs is 6. The average molecular weight is 816 g/mol. The monoisotopic (exact) mass is 815 g/mol. The molecule has 2 heteroatoms. The second kappa shape index (κ2) is 15.8. The van der Waals surface area contributed by atoms with Crippen LogP contribution in [0.25, 0.3) is 99.1 Å². The Morgan fingerprint density at radius 2 is 0.656 bits per heavy atom. The van der Waals surface area contributed by atoms with Gasteiger partial charge < -0.3 is 9.32 Å². The second-order valence-corrected chi connectivity index (χ2v) is 16.4. The minimum Gasteiger partial charge on any atom is -0.455 e. The van der Waals surface area contributed by atoms with Crippen molar-refractivity contribution in [1.82, 2.24) is 0 Å². The summed E-state index contributed by atoms with van der Waals surface area (Å²) in [6.07, 6.45) is 0. The summed E-state index contributed by atoms with van der Waals surface area (Å²) in [6.45, 7) is 0. The van der Waals surface area contributed by atoms with E-state index in [1.807, 2.05) is 12.1 Å². The van der Waals surface area contributed by atoms with Gasteiger partial charge in [0.25, 0.3) is 0 Å². The van der Waals surface area contributed by atoms with Gasteiger partial charge in [0.05, 0.1) is 5.69 Å². The van der Waals surface area contributed by atoms with Crippen molar-refractivity contribution in [2.24, 2.45) is 0 Å². The summed E-state index contributed by atoms with van der Waals surface area (Å²) in [5.74, 6) is 0. The molecule has 11 aromatic carbocycles. The molecule has 300 valence electrons. The van der Waals surface area contributed by atoms with Crippen molar-refractivity contribution in [2.75, 3.05) is 4.90 Å². The molecular formula is C62H41NO. The molecule has 12 rings (SSSR count). The van der Waals surface area contributed by atoms with Gasteiger partial charge in [-0.3, -0.25) is 0 Å². The van der Waals surface area contributed by atoms with E-state index in [1.54, 1.807) is 0 Å². The van der Waals surface area contributed by atoms with E-state index in [4.69, 9.17) is 4.42 Å². The van der Waals surface area contributed by atoms with Crippen LogP contribution in [0.1, 0.15) is 0 Å². The van der Waals surface area contributed by atoms with Crippen LogP contribution in [0.5, 0.6) is 0 Å². The number of furan rings is 1. The summed E-state index contributed by atoms with van der Waals surface area (Å²) in [4.78, 5) is 2.47. The van der Waals surface area contributed by atoms with E-state index >= 15 is 0 Å². The lowest BCUT2D eigenvalue weighted by Gasteiger charge is -2.31. The Labute approximate surface area is 372 Å². The van der Waals surface area contributed by atoms with Gasteiger partial charge in [0.1, 0.15) is 11.2 Å². The molecule has 0 amide bonds. The summed E-state index contributed by atoms with van der Waals surface area (Å²) in [5.41, 5.74) is 16.7. The third kappa shape index (κ3) is 6.44. The van der Waals surface area contributed by atoms with Gasteiger partial charge in [0, 0.05) is 38.7 Å². The predicted molar refractivity (Wildman–Crippen MR) is 271 cm³/mol. The van der Waals surface area contributed by atoms with E-state index in [0.29, 0.717) is 0 Å². The van der Waals surface area contributed by atoms with Gasteiger partial charge in [-0.05, 0) is 91.0 Å². The average Bonchev–Trinajstić information content (AvgIpc) is 3.77. The Hall–Kier alpha value is -8.46. The lowest BCUT2D eigenvalue weighted by molar-refractivity contribution is 0.670. The molecule has 0 aliphatic heterocycles. The molecule has 0 bridgehead atoms. The first-order chi connectivity index (χ1) is 31.8. The molecule has 1 heterocycles. The highest BCUT2D eigenvalue weighted by molar-refractivity contribution is 6.22. The lowest BCUT2D eigenvalue weighted by Crippen LogP contribution is -2.12. The first-order valence-electron chi connectivity index (χ1n) is 21.9. The number of hydrogen-bond donors (Lipinski definition) is 0. The Bertz CT molecular complexity index is 3630. The molecule has 12 aromatic rings. The largest absolute Gasteiger partial charge is 0.455 e. The number of hydrogen-bond acceptors (Lipinski definition) is 2. The topological polar surface area (TPSA) is 16.4 Å². The number of rotatable bonds is 8. The van der Waals surface area contributed by atoms with Gasteiger partial charge in [0.2, 0.25) is 0 Å². The van der Waals surface area contributed by atoms with Crippen molar-refractivity contribution >= 4 is 60.5 Å². The van der Waals surface area contributed by atoms with Crippen LogP contribution < -0.4 is 4.90 Å². The number of para-hydroxylation sites is 2. The summed E-state index contributed by atoms with van der Waals surface area (Å²) < 4.78 is 6.52. The Kier molecular flexibility index (Phi) is 9.20. The van der Waals surface area contributed by atoms with Crippen LogP contribution in [0.3, 0.4) is 0 Å². The van der Waals surface area contributed by atoms with Gasteiger partial charge in [-0.2, -0.15) is 0 Å². The molecule has 0 saturated carbocycles. The molecule has 64 heavy (non-hydrogen) atoms. The van der Waals surface area contributed by atoms with Gasteiger partial charge in [-0.1, -0.05) is 218 Å². The van der Waals surface area contributed by atoms with Gasteiger partial charge in [-0.25, -0.2) is 0 Å². The molecule has 0 saturated heterocycles. The van der Waals surface area contributed by atoms with Crippen molar-refractivity contribution < 1.29 is 4.42 Å². The van der Waals surface area contributed by atoms with Crippen molar-refractivity contribution in [1.29, 1.82) is 0 Å². The smallest absolute Gasteiger partial charge is 0.143 e. The zero-order valence-electron chi connectivity index (χ0n) is 35.0. The summed E-state index contributed by atoms with van der Waals surface area (Å²) in [6, 6.07) is 89.7. The highest BCUT2D eigenvalue weighted by Crippen LogP contribution is 2.50. The number of anilines is 3. The summed E-state index contributed by atoms with van der Waals surface area (Å²) in [7, 11) is 0. The fourth-order valence-corrected chi connectivity index (χ4v) is 9.67. The van der Waals surface area contributed by atoms with Gasteiger partial charge in [0.15, 0.2) is 0 Å². The Morgan fingerprint density at radius 1 is 0.250 bits per heavy atom. The maximum Gasteiger partial charge on any atom is 0.143 e. The van der Waals surface area contributed by atoms with E-state index in [-0.39, 0.29) is 0 Å². The van der Waals surface area contributed by atoms with Crippen LogP contribution in [0.15, 0.2) is 253 Å². The van der Waals surface area contributed by atoms with Crippen LogP contribution in [0.4, 0.5) is 17.1 Å². The molecule has 1 aromatic heterocycles. The lowest BCUT2D eigenvalue weighted by atomic mass is 9.89. The molecule has 0 N–H and O–H groups in total. The van der Waals surface area contributed by atoms with Crippen molar-refractivity contribution in [3.63, 3.8) is 0 Å². The molecule has 0 spiro atoms. The Balaban J connectivity index is 1.08. The van der Waals surface area contributed by atoms with Crippen LogP contribution in [0.2, 0.25) is 0 Å². The molecule has 0 radical (unpaired) electrons. The quantitative estimate of drug-likeness (QED) is 0.142.